The number of esters is 1. The Balaban J connectivity index is 1.32. The molecule has 0 aliphatic carbocycles. The maximum Gasteiger partial charge on any atom is 0.344 e. The minimum absolute atomic E-state index is 0.0453. The number of aromatic nitrogens is 1. The van der Waals surface area contributed by atoms with Crippen LogP contribution in [0, 0.1) is 11.3 Å². The van der Waals surface area contributed by atoms with Crippen molar-refractivity contribution in [1.29, 1.82) is 5.26 Å². The Morgan fingerprint density at radius 1 is 1.17 bits per heavy atom. The van der Waals surface area contributed by atoms with E-state index in [1.54, 1.807) is 36.5 Å². The van der Waals surface area contributed by atoms with Gasteiger partial charge in [-0.2, -0.15) is 5.26 Å². The van der Waals surface area contributed by atoms with Crippen molar-refractivity contribution >= 4 is 45.5 Å². The predicted octanol–water partition coefficient (Wildman–Crippen LogP) is 4.74. The number of hydrogen-bond acceptors (Lipinski definition) is 6. The van der Waals surface area contributed by atoms with E-state index in [0.717, 1.165) is 21.4 Å². The highest BCUT2D eigenvalue weighted by molar-refractivity contribution is 9.10. The molecule has 0 bridgehead atoms. The van der Waals surface area contributed by atoms with Crippen molar-refractivity contribution in [3.63, 3.8) is 0 Å². The first-order valence-electron chi connectivity index (χ1n) is 11.2. The molecule has 174 valence electrons. The number of benzene rings is 2. The number of anilines is 1. The van der Waals surface area contributed by atoms with Crippen LogP contribution in [0.3, 0.4) is 0 Å². The smallest absolute Gasteiger partial charge is 0.344 e. The van der Waals surface area contributed by atoms with Crippen LogP contribution in [0.2, 0.25) is 0 Å². The Kier molecular flexibility index (Phi) is 6.10. The van der Waals surface area contributed by atoms with Crippen molar-refractivity contribution < 1.29 is 14.3 Å². The molecule has 35 heavy (non-hydrogen) atoms. The SMILES string of the molecule is CC1CN(C(=O)c2cccc(/C=C3\OC(=O)c4ccc(Br)cc43)c2)CCN1c1ccc(C#N)cn1. The maximum absolute atomic E-state index is 13.3. The summed E-state index contributed by atoms with van der Waals surface area (Å²) in [5.74, 6) is 0.842. The number of pyridine rings is 1. The lowest BCUT2D eigenvalue weighted by molar-refractivity contribution is 0.0711. The molecule has 0 saturated carbocycles. The molecule has 8 heteroatoms. The molecule has 0 radical (unpaired) electrons. The zero-order valence-corrected chi connectivity index (χ0v) is 20.5. The van der Waals surface area contributed by atoms with Crippen LogP contribution in [0.25, 0.3) is 11.8 Å². The highest BCUT2D eigenvalue weighted by Gasteiger charge is 2.29. The third-order valence-corrected chi connectivity index (χ3v) is 6.68. The first-order chi connectivity index (χ1) is 16.9. The molecule has 0 N–H and O–H groups in total. The number of cyclic esters (lactones) is 1. The fraction of sp³-hybridized carbons (Fsp3) is 0.185. The van der Waals surface area contributed by atoms with E-state index in [2.05, 4.69) is 38.8 Å². The lowest BCUT2D eigenvalue weighted by atomic mass is 10.0. The maximum atomic E-state index is 13.3. The largest absolute Gasteiger partial charge is 0.422 e. The molecule has 2 aromatic carbocycles. The number of halogens is 1. The van der Waals surface area contributed by atoms with Crippen LogP contribution in [0.1, 0.15) is 44.3 Å². The van der Waals surface area contributed by atoms with Crippen molar-refractivity contribution in [1.82, 2.24) is 9.88 Å². The second-order valence-corrected chi connectivity index (χ2v) is 9.44. The molecule has 3 heterocycles. The van der Waals surface area contributed by atoms with Crippen LogP contribution in [-0.4, -0.2) is 47.4 Å². The zero-order chi connectivity index (χ0) is 24.5. The topological polar surface area (TPSA) is 86.5 Å². The van der Waals surface area contributed by atoms with Gasteiger partial charge in [0.2, 0.25) is 0 Å². The summed E-state index contributed by atoms with van der Waals surface area (Å²) in [5, 5.41) is 8.98. The Labute approximate surface area is 211 Å². The molecule has 1 atom stereocenters. The van der Waals surface area contributed by atoms with Gasteiger partial charge in [0, 0.05) is 47.5 Å². The molecule has 5 rings (SSSR count). The predicted molar refractivity (Wildman–Crippen MR) is 136 cm³/mol. The minimum atomic E-state index is -0.380. The molecule has 3 aromatic rings. The average molecular weight is 529 g/mol. The molecule has 1 unspecified atom stereocenters. The van der Waals surface area contributed by atoms with Crippen molar-refractivity contribution in [3.05, 3.63) is 93.1 Å². The molecule has 0 spiro atoms. The molecule has 1 amide bonds. The summed E-state index contributed by atoms with van der Waals surface area (Å²) in [4.78, 5) is 33.9. The Bertz CT molecular complexity index is 1390. The number of carbonyl (C=O) groups excluding carboxylic acids is 2. The van der Waals surface area contributed by atoms with Gasteiger partial charge in [-0.25, -0.2) is 9.78 Å². The first-order valence-corrected chi connectivity index (χ1v) is 12.0. The van der Waals surface area contributed by atoms with Gasteiger partial charge in [0.15, 0.2) is 0 Å². The van der Waals surface area contributed by atoms with Gasteiger partial charge < -0.3 is 14.5 Å². The molecule has 7 nitrogen and oxygen atoms in total. The summed E-state index contributed by atoms with van der Waals surface area (Å²) >= 11 is 3.44. The van der Waals surface area contributed by atoms with E-state index in [0.29, 0.717) is 42.1 Å². The van der Waals surface area contributed by atoms with Gasteiger partial charge in [0.1, 0.15) is 17.6 Å². The van der Waals surface area contributed by atoms with E-state index in [4.69, 9.17) is 10.00 Å². The van der Waals surface area contributed by atoms with E-state index in [1.807, 2.05) is 35.2 Å². The van der Waals surface area contributed by atoms with Gasteiger partial charge in [-0.15, -0.1) is 0 Å². The fourth-order valence-corrected chi connectivity index (χ4v) is 4.78. The number of nitriles is 1. The Morgan fingerprint density at radius 2 is 2.03 bits per heavy atom. The van der Waals surface area contributed by atoms with Crippen molar-refractivity contribution in [2.24, 2.45) is 0 Å². The quantitative estimate of drug-likeness (QED) is 0.456. The summed E-state index contributed by atoms with van der Waals surface area (Å²) in [7, 11) is 0. The normalized spacial score (nSPS) is 18.3. The van der Waals surface area contributed by atoms with Crippen LogP contribution in [0.15, 0.2) is 65.3 Å². The summed E-state index contributed by atoms with van der Waals surface area (Å²) < 4.78 is 6.32. The summed E-state index contributed by atoms with van der Waals surface area (Å²) in [6.07, 6.45) is 3.35. The van der Waals surface area contributed by atoms with Gasteiger partial charge in [-0.05, 0) is 61.0 Å². The van der Waals surface area contributed by atoms with Crippen molar-refractivity contribution in [2.75, 3.05) is 24.5 Å². The van der Waals surface area contributed by atoms with E-state index in [9.17, 15) is 9.59 Å². The van der Waals surface area contributed by atoms with Gasteiger partial charge in [-0.3, -0.25) is 4.79 Å². The summed E-state index contributed by atoms with van der Waals surface area (Å²) in [5.41, 5.74) is 3.13. The van der Waals surface area contributed by atoms with E-state index >= 15 is 0 Å². The van der Waals surface area contributed by atoms with Crippen molar-refractivity contribution in [2.45, 2.75) is 13.0 Å². The van der Waals surface area contributed by atoms with Gasteiger partial charge in [0.25, 0.3) is 5.91 Å². The average Bonchev–Trinajstić information content (AvgIpc) is 3.17. The lowest BCUT2D eigenvalue weighted by Crippen LogP contribution is -2.54. The van der Waals surface area contributed by atoms with Gasteiger partial charge >= 0.3 is 5.97 Å². The number of carbonyl (C=O) groups is 2. The van der Waals surface area contributed by atoms with Crippen LogP contribution < -0.4 is 4.90 Å². The number of hydrogen-bond donors (Lipinski definition) is 0. The van der Waals surface area contributed by atoms with E-state index in [-0.39, 0.29) is 17.9 Å². The van der Waals surface area contributed by atoms with Crippen molar-refractivity contribution in [3.8, 4) is 6.07 Å². The number of nitrogens with zero attached hydrogens (tertiary/aromatic N) is 4. The number of ether oxygens (including phenoxy) is 1. The number of fused-ring (bicyclic) bond motifs is 1. The minimum Gasteiger partial charge on any atom is -0.422 e. The van der Waals surface area contributed by atoms with Crippen LogP contribution in [0.4, 0.5) is 5.82 Å². The first kappa shape index (κ1) is 22.8. The molecule has 1 aromatic heterocycles. The second kappa shape index (κ2) is 9.35. The number of rotatable bonds is 3. The van der Waals surface area contributed by atoms with E-state index in [1.165, 1.54) is 0 Å². The Hall–Kier alpha value is -3.96. The zero-order valence-electron chi connectivity index (χ0n) is 18.9. The number of amides is 1. The second-order valence-electron chi connectivity index (χ2n) is 8.52. The van der Waals surface area contributed by atoms with Crippen LogP contribution in [0.5, 0.6) is 0 Å². The highest BCUT2D eigenvalue weighted by Crippen LogP contribution is 2.33. The molecular weight excluding hydrogens is 508 g/mol. The fourth-order valence-electron chi connectivity index (χ4n) is 4.42. The third kappa shape index (κ3) is 4.55. The third-order valence-electron chi connectivity index (χ3n) is 6.19. The lowest BCUT2D eigenvalue weighted by Gasteiger charge is -2.40. The Morgan fingerprint density at radius 3 is 2.77 bits per heavy atom. The van der Waals surface area contributed by atoms with Gasteiger partial charge in [0.05, 0.1) is 11.1 Å². The van der Waals surface area contributed by atoms with Crippen LogP contribution in [-0.2, 0) is 4.74 Å². The molecule has 1 fully saturated rings. The molecular formula is C27H21BrN4O3. The molecule has 1 saturated heterocycles. The van der Waals surface area contributed by atoms with E-state index < -0.39 is 0 Å². The molecule has 2 aliphatic heterocycles. The monoisotopic (exact) mass is 528 g/mol. The highest BCUT2D eigenvalue weighted by atomic mass is 79.9. The van der Waals surface area contributed by atoms with Crippen LogP contribution >= 0.6 is 15.9 Å². The summed E-state index contributed by atoms with van der Waals surface area (Å²) in [6, 6.07) is 18.5. The van der Waals surface area contributed by atoms with Gasteiger partial charge in [-0.1, -0.05) is 28.1 Å². The number of piperazine rings is 1. The standard InChI is InChI=1S/C27H21BrN4O3/c1-17-16-31(9-10-32(17)25-8-5-19(14-29)15-30-25)26(33)20-4-2-3-18(11-20)12-24-23-13-21(28)6-7-22(23)27(34)35-24/h2-8,11-13,15,17H,9-10,16H2,1H3/b24-12-. The summed E-state index contributed by atoms with van der Waals surface area (Å²) in [6.45, 7) is 3.83. The molecule has 2 aliphatic rings.